The summed E-state index contributed by atoms with van der Waals surface area (Å²) >= 11 is 3.48. The van der Waals surface area contributed by atoms with Gasteiger partial charge in [-0.05, 0) is 40.5 Å². The smallest absolute Gasteiger partial charge is 0.237 e. The molecular weight excluding hydrogens is 296 g/mol. The van der Waals surface area contributed by atoms with Crippen LogP contribution >= 0.6 is 15.9 Å². The van der Waals surface area contributed by atoms with Gasteiger partial charge in [-0.3, -0.25) is 9.69 Å². The number of piperazine rings is 1. The topological polar surface area (TPSA) is 41.6 Å². The van der Waals surface area contributed by atoms with E-state index in [0.29, 0.717) is 0 Å². The maximum Gasteiger partial charge on any atom is 0.237 e. The van der Waals surface area contributed by atoms with Crippen LogP contribution in [-0.4, -0.2) is 37.0 Å². The SMILES string of the molecule is COc1ccc(CN2CCNC(=O)C2C)cc1Br. The van der Waals surface area contributed by atoms with Crippen molar-refractivity contribution in [1.29, 1.82) is 0 Å². The van der Waals surface area contributed by atoms with Crippen LogP contribution in [0, 0.1) is 0 Å². The van der Waals surface area contributed by atoms with Crippen molar-refractivity contribution >= 4 is 21.8 Å². The molecule has 0 aromatic heterocycles. The Hall–Kier alpha value is -1.07. The number of carbonyl (C=O) groups excluding carboxylic acids is 1. The average molecular weight is 313 g/mol. The van der Waals surface area contributed by atoms with Crippen LogP contribution in [0.3, 0.4) is 0 Å². The van der Waals surface area contributed by atoms with Crippen molar-refractivity contribution < 1.29 is 9.53 Å². The van der Waals surface area contributed by atoms with E-state index in [1.807, 2.05) is 25.1 Å². The molecular formula is C13H17BrN2O2. The fourth-order valence-corrected chi connectivity index (χ4v) is 2.68. The van der Waals surface area contributed by atoms with Gasteiger partial charge < -0.3 is 10.1 Å². The third-order valence-corrected chi connectivity index (χ3v) is 3.85. The summed E-state index contributed by atoms with van der Waals surface area (Å²) in [4.78, 5) is 13.8. The van der Waals surface area contributed by atoms with Gasteiger partial charge in [0.2, 0.25) is 5.91 Å². The fourth-order valence-electron chi connectivity index (χ4n) is 2.09. The van der Waals surface area contributed by atoms with E-state index >= 15 is 0 Å². The minimum absolute atomic E-state index is 0.0698. The van der Waals surface area contributed by atoms with Gasteiger partial charge in [0.15, 0.2) is 0 Å². The number of amides is 1. The zero-order valence-electron chi connectivity index (χ0n) is 10.6. The summed E-state index contributed by atoms with van der Waals surface area (Å²) in [5.74, 6) is 0.928. The van der Waals surface area contributed by atoms with Crippen molar-refractivity contribution in [2.75, 3.05) is 20.2 Å². The molecule has 1 heterocycles. The molecule has 5 heteroatoms. The molecule has 1 aromatic carbocycles. The van der Waals surface area contributed by atoms with E-state index in [-0.39, 0.29) is 11.9 Å². The summed E-state index contributed by atoms with van der Waals surface area (Å²) in [6, 6.07) is 5.94. The van der Waals surface area contributed by atoms with Crippen molar-refractivity contribution in [3.63, 3.8) is 0 Å². The molecule has 0 radical (unpaired) electrons. The molecule has 1 aromatic rings. The zero-order chi connectivity index (χ0) is 13.1. The van der Waals surface area contributed by atoms with E-state index in [2.05, 4.69) is 26.1 Å². The molecule has 0 aliphatic carbocycles. The van der Waals surface area contributed by atoms with Crippen LogP contribution in [0.5, 0.6) is 5.75 Å². The van der Waals surface area contributed by atoms with Gasteiger partial charge in [0.1, 0.15) is 5.75 Å². The number of nitrogens with one attached hydrogen (secondary N) is 1. The van der Waals surface area contributed by atoms with E-state index in [9.17, 15) is 4.79 Å². The highest BCUT2D eigenvalue weighted by Crippen LogP contribution is 2.26. The van der Waals surface area contributed by atoms with Crippen molar-refractivity contribution in [3.8, 4) is 5.75 Å². The second-order valence-electron chi connectivity index (χ2n) is 4.41. The van der Waals surface area contributed by atoms with Crippen LogP contribution in [0.2, 0.25) is 0 Å². The predicted octanol–water partition coefficient (Wildman–Crippen LogP) is 1.78. The Balaban J connectivity index is 2.09. The lowest BCUT2D eigenvalue weighted by Gasteiger charge is -2.32. The largest absolute Gasteiger partial charge is 0.496 e. The number of ether oxygens (including phenoxy) is 1. The van der Waals surface area contributed by atoms with E-state index in [4.69, 9.17) is 4.74 Å². The monoisotopic (exact) mass is 312 g/mol. The zero-order valence-corrected chi connectivity index (χ0v) is 12.2. The highest BCUT2D eigenvalue weighted by molar-refractivity contribution is 9.10. The van der Waals surface area contributed by atoms with Gasteiger partial charge in [-0.25, -0.2) is 0 Å². The van der Waals surface area contributed by atoms with Crippen LogP contribution in [0.25, 0.3) is 0 Å². The number of hydrogen-bond acceptors (Lipinski definition) is 3. The Bertz CT molecular complexity index is 451. The van der Waals surface area contributed by atoms with Crippen LogP contribution in [-0.2, 0) is 11.3 Å². The number of nitrogens with zero attached hydrogens (tertiary/aromatic N) is 1. The molecule has 1 fully saturated rings. The lowest BCUT2D eigenvalue weighted by molar-refractivity contribution is -0.128. The van der Waals surface area contributed by atoms with Gasteiger partial charge in [-0.1, -0.05) is 6.07 Å². The number of carbonyl (C=O) groups is 1. The summed E-state index contributed by atoms with van der Waals surface area (Å²) in [7, 11) is 1.65. The van der Waals surface area contributed by atoms with Gasteiger partial charge in [-0.2, -0.15) is 0 Å². The Morgan fingerprint density at radius 2 is 2.33 bits per heavy atom. The Kier molecular flexibility index (Phi) is 4.24. The third kappa shape index (κ3) is 2.84. The lowest BCUT2D eigenvalue weighted by Crippen LogP contribution is -2.53. The molecule has 1 saturated heterocycles. The Labute approximate surface area is 115 Å². The standard InChI is InChI=1S/C13H17BrN2O2/c1-9-13(17)15-5-6-16(9)8-10-3-4-12(18-2)11(14)7-10/h3-4,7,9H,5-6,8H2,1-2H3,(H,15,17). The van der Waals surface area contributed by atoms with Gasteiger partial charge in [0, 0.05) is 19.6 Å². The molecule has 1 aliphatic heterocycles. The van der Waals surface area contributed by atoms with Crippen molar-refractivity contribution in [2.45, 2.75) is 19.5 Å². The number of halogens is 1. The molecule has 1 amide bonds. The summed E-state index contributed by atoms with van der Waals surface area (Å²) < 4.78 is 6.14. The fraction of sp³-hybridized carbons (Fsp3) is 0.462. The highest BCUT2D eigenvalue weighted by Gasteiger charge is 2.25. The second-order valence-corrected chi connectivity index (χ2v) is 5.26. The molecule has 1 aliphatic rings. The number of methoxy groups -OCH3 is 1. The lowest BCUT2D eigenvalue weighted by atomic mass is 10.1. The normalized spacial score (nSPS) is 20.6. The first-order chi connectivity index (χ1) is 8.61. The Morgan fingerprint density at radius 1 is 1.56 bits per heavy atom. The predicted molar refractivity (Wildman–Crippen MR) is 73.6 cm³/mol. The van der Waals surface area contributed by atoms with Crippen molar-refractivity contribution in [2.24, 2.45) is 0 Å². The van der Waals surface area contributed by atoms with Crippen molar-refractivity contribution in [3.05, 3.63) is 28.2 Å². The minimum Gasteiger partial charge on any atom is -0.496 e. The van der Waals surface area contributed by atoms with E-state index in [1.54, 1.807) is 7.11 Å². The van der Waals surface area contributed by atoms with Crippen LogP contribution in [0.4, 0.5) is 0 Å². The first kappa shape index (κ1) is 13.4. The van der Waals surface area contributed by atoms with Crippen LogP contribution < -0.4 is 10.1 Å². The van der Waals surface area contributed by atoms with Crippen LogP contribution in [0.15, 0.2) is 22.7 Å². The summed E-state index contributed by atoms with van der Waals surface area (Å²) in [5.41, 5.74) is 1.17. The molecule has 0 saturated carbocycles. The van der Waals surface area contributed by atoms with Gasteiger partial charge >= 0.3 is 0 Å². The van der Waals surface area contributed by atoms with E-state index in [1.165, 1.54) is 5.56 Å². The van der Waals surface area contributed by atoms with Crippen LogP contribution in [0.1, 0.15) is 12.5 Å². The molecule has 1 N–H and O–H groups in total. The molecule has 2 rings (SSSR count). The Morgan fingerprint density at radius 3 is 3.00 bits per heavy atom. The van der Waals surface area contributed by atoms with E-state index < -0.39 is 0 Å². The number of rotatable bonds is 3. The number of benzene rings is 1. The number of hydrogen-bond donors (Lipinski definition) is 1. The quantitative estimate of drug-likeness (QED) is 0.925. The first-order valence-corrected chi connectivity index (χ1v) is 6.75. The van der Waals surface area contributed by atoms with Gasteiger partial charge in [0.05, 0.1) is 17.6 Å². The molecule has 98 valence electrons. The maximum absolute atomic E-state index is 11.6. The van der Waals surface area contributed by atoms with Crippen molar-refractivity contribution in [1.82, 2.24) is 10.2 Å². The molecule has 0 spiro atoms. The molecule has 0 bridgehead atoms. The highest BCUT2D eigenvalue weighted by atomic mass is 79.9. The summed E-state index contributed by atoms with van der Waals surface area (Å²) in [5, 5.41) is 2.87. The second kappa shape index (κ2) is 5.71. The first-order valence-electron chi connectivity index (χ1n) is 5.96. The average Bonchev–Trinajstić information content (AvgIpc) is 2.35. The molecule has 4 nitrogen and oxygen atoms in total. The van der Waals surface area contributed by atoms with Gasteiger partial charge in [-0.15, -0.1) is 0 Å². The van der Waals surface area contributed by atoms with Gasteiger partial charge in [0.25, 0.3) is 0 Å². The maximum atomic E-state index is 11.6. The van der Waals surface area contributed by atoms with E-state index in [0.717, 1.165) is 29.9 Å². The molecule has 1 unspecified atom stereocenters. The third-order valence-electron chi connectivity index (χ3n) is 3.23. The summed E-state index contributed by atoms with van der Waals surface area (Å²) in [6.07, 6.45) is 0. The molecule has 18 heavy (non-hydrogen) atoms. The summed E-state index contributed by atoms with van der Waals surface area (Å²) in [6.45, 7) is 4.32. The minimum atomic E-state index is -0.0698. The molecule has 1 atom stereocenters.